The average molecular weight is 384 g/mol. The van der Waals surface area contributed by atoms with Crippen LogP contribution in [-0.2, 0) is 20.9 Å². The van der Waals surface area contributed by atoms with Crippen LogP contribution in [0.15, 0.2) is 51.7 Å². The minimum atomic E-state index is -0.731. The quantitative estimate of drug-likeness (QED) is 0.665. The summed E-state index contributed by atoms with van der Waals surface area (Å²) in [6, 6.07) is 11.7. The predicted molar refractivity (Wildman–Crippen MR) is 97.5 cm³/mol. The number of esters is 1. The van der Waals surface area contributed by atoms with Gasteiger partial charge in [-0.1, -0.05) is 12.1 Å². The van der Waals surface area contributed by atoms with E-state index >= 15 is 0 Å². The third kappa shape index (κ3) is 3.68. The third-order valence-corrected chi connectivity index (χ3v) is 4.05. The molecular formula is C19H16N2O7. The number of nitrogens with one attached hydrogen (secondary N) is 1. The van der Waals surface area contributed by atoms with E-state index in [1.165, 1.54) is 0 Å². The summed E-state index contributed by atoms with van der Waals surface area (Å²) in [6.45, 7) is 0.0682. The second-order valence-electron chi connectivity index (χ2n) is 5.99. The molecule has 9 nitrogen and oxygen atoms in total. The van der Waals surface area contributed by atoms with Crippen LogP contribution in [0.2, 0.25) is 0 Å². The number of anilines is 1. The molecule has 0 saturated carbocycles. The van der Waals surface area contributed by atoms with Gasteiger partial charge in [0.2, 0.25) is 0 Å². The summed E-state index contributed by atoms with van der Waals surface area (Å²) >= 11 is 0. The number of fused-ring (bicyclic) bond motifs is 2. The van der Waals surface area contributed by atoms with Gasteiger partial charge in [-0.3, -0.25) is 14.2 Å². The largest absolute Gasteiger partial charge is 0.486 e. The Labute approximate surface area is 158 Å². The molecule has 9 heteroatoms. The summed E-state index contributed by atoms with van der Waals surface area (Å²) in [5.41, 5.74) is 1.34. The minimum Gasteiger partial charge on any atom is -0.486 e. The lowest BCUT2D eigenvalue weighted by Gasteiger charge is -2.19. The third-order valence-electron chi connectivity index (χ3n) is 4.05. The van der Waals surface area contributed by atoms with Crippen molar-refractivity contribution in [3.05, 3.63) is 53.0 Å². The van der Waals surface area contributed by atoms with E-state index in [1.807, 2.05) is 0 Å². The van der Waals surface area contributed by atoms with Crippen molar-refractivity contribution in [2.75, 3.05) is 25.1 Å². The highest BCUT2D eigenvalue weighted by atomic mass is 16.6. The Bertz CT molecular complexity index is 1100. The zero-order chi connectivity index (χ0) is 19.5. The highest BCUT2D eigenvalue weighted by Gasteiger charge is 2.16. The van der Waals surface area contributed by atoms with E-state index in [1.54, 1.807) is 42.5 Å². The highest BCUT2D eigenvalue weighted by molar-refractivity contribution is 5.93. The van der Waals surface area contributed by atoms with Crippen molar-refractivity contribution in [2.24, 2.45) is 0 Å². The maximum Gasteiger partial charge on any atom is 0.420 e. The highest BCUT2D eigenvalue weighted by Crippen LogP contribution is 2.32. The Morgan fingerprint density at radius 1 is 1.07 bits per heavy atom. The van der Waals surface area contributed by atoms with Crippen LogP contribution in [0.5, 0.6) is 11.5 Å². The van der Waals surface area contributed by atoms with Gasteiger partial charge in [0.05, 0.1) is 5.52 Å². The molecule has 0 spiro atoms. The molecule has 0 radical (unpaired) electrons. The Hall–Kier alpha value is -3.75. The van der Waals surface area contributed by atoms with Crippen LogP contribution in [0.1, 0.15) is 0 Å². The summed E-state index contributed by atoms with van der Waals surface area (Å²) in [4.78, 5) is 35.9. The molecule has 0 aliphatic carbocycles. The number of aromatic nitrogens is 1. The van der Waals surface area contributed by atoms with E-state index in [9.17, 15) is 14.4 Å². The molecule has 0 fully saturated rings. The number of carbonyl (C=O) groups excluding carboxylic acids is 2. The maximum atomic E-state index is 12.0. The molecule has 0 unspecified atom stereocenters. The number of amides is 1. The molecule has 144 valence electrons. The normalized spacial score (nSPS) is 12.6. The zero-order valence-electron chi connectivity index (χ0n) is 14.7. The van der Waals surface area contributed by atoms with Crippen molar-refractivity contribution < 1.29 is 28.2 Å². The Kier molecular flexibility index (Phi) is 4.71. The standard InChI is InChI=1S/C19H16N2O7/c22-17(20-12-5-6-15-16(9-12)26-8-7-25-15)11-27-18(23)10-21-13-3-1-2-4-14(13)28-19(21)24/h1-6,9H,7-8,10-11H2,(H,20,22). The van der Waals surface area contributed by atoms with Crippen LogP contribution in [0.4, 0.5) is 5.69 Å². The number of para-hydroxylation sites is 2. The number of carbonyl (C=O) groups is 2. The van der Waals surface area contributed by atoms with E-state index in [4.69, 9.17) is 18.6 Å². The van der Waals surface area contributed by atoms with Crippen molar-refractivity contribution in [2.45, 2.75) is 6.54 Å². The van der Waals surface area contributed by atoms with E-state index < -0.39 is 24.2 Å². The van der Waals surface area contributed by atoms with Gasteiger partial charge in [0.1, 0.15) is 19.8 Å². The van der Waals surface area contributed by atoms with Crippen LogP contribution in [0.25, 0.3) is 11.1 Å². The zero-order valence-corrected chi connectivity index (χ0v) is 14.7. The summed E-state index contributed by atoms with van der Waals surface area (Å²) < 4.78 is 22.0. The Morgan fingerprint density at radius 2 is 1.86 bits per heavy atom. The number of nitrogens with zero attached hydrogens (tertiary/aromatic N) is 1. The van der Waals surface area contributed by atoms with Gasteiger partial charge in [-0.15, -0.1) is 0 Å². The van der Waals surface area contributed by atoms with E-state index in [-0.39, 0.29) is 6.54 Å². The van der Waals surface area contributed by atoms with E-state index in [2.05, 4.69) is 5.32 Å². The summed E-state index contributed by atoms with van der Waals surface area (Å²) in [5, 5.41) is 2.61. The monoisotopic (exact) mass is 384 g/mol. The van der Waals surface area contributed by atoms with Gasteiger partial charge < -0.3 is 23.9 Å². The smallest absolute Gasteiger partial charge is 0.420 e. The van der Waals surface area contributed by atoms with Crippen LogP contribution >= 0.6 is 0 Å². The van der Waals surface area contributed by atoms with Crippen LogP contribution in [-0.4, -0.2) is 36.3 Å². The van der Waals surface area contributed by atoms with Gasteiger partial charge in [0.25, 0.3) is 5.91 Å². The fraction of sp³-hybridized carbons (Fsp3) is 0.211. The number of oxazole rings is 1. The summed E-state index contributed by atoms with van der Waals surface area (Å²) in [6.07, 6.45) is 0. The van der Waals surface area contributed by atoms with E-state index in [0.29, 0.717) is 41.5 Å². The number of hydrogen-bond acceptors (Lipinski definition) is 7. The molecule has 1 aromatic heterocycles. The number of ether oxygens (including phenoxy) is 3. The Morgan fingerprint density at radius 3 is 2.71 bits per heavy atom. The average Bonchev–Trinajstić information content (AvgIpc) is 3.01. The molecule has 0 atom stereocenters. The fourth-order valence-electron chi connectivity index (χ4n) is 2.80. The molecule has 1 amide bonds. The second-order valence-corrected chi connectivity index (χ2v) is 5.99. The lowest BCUT2D eigenvalue weighted by Crippen LogP contribution is -2.25. The lowest BCUT2D eigenvalue weighted by molar-refractivity contribution is -0.147. The van der Waals surface area contributed by atoms with Crippen LogP contribution in [0.3, 0.4) is 0 Å². The molecule has 2 aromatic carbocycles. The predicted octanol–water partition coefficient (Wildman–Crippen LogP) is 1.55. The first-order valence-corrected chi connectivity index (χ1v) is 8.53. The molecule has 0 bridgehead atoms. The van der Waals surface area contributed by atoms with Crippen molar-refractivity contribution in [1.82, 2.24) is 4.57 Å². The molecule has 3 aromatic rings. The van der Waals surface area contributed by atoms with Crippen molar-refractivity contribution in [3.63, 3.8) is 0 Å². The van der Waals surface area contributed by atoms with Gasteiger partial charge in [-0.2, -0.15) is 0 Å². The van der Waals surface area contributed by atoms with Crippen molar-refractivity contribution in [3.8, 4) is 11.5 Å². The number of rotatable bonds is 5. The van der Waals surface area contributed by atoms with Crippen LogP contribution in [0, 0.1) is 0 Å². The molecule has 1 aliphatic heterocycles. The first-order chi connectivity index (χ1) is 13.6. The Balaban J connectivity index is 1.34. The number of hydrogen-bond donors (Lipinski definition) is 1. The molecule has 2 heterocycles. The fourth-order valence-corrected chi connectivity index (χ4v) is 2.80. The first kappa shape index (κ1) is 17.7. The van der Waals surface area contributed by atoms with Gasteiger partial charge in [0.15, 0.2) is 23.7 Å². The van der Waals surface area contributed by atoms with Crippen molar-refractivity contribution in [1.29, 1.82) is 0 Å². The van der Waals surface area contributed by atoms with Crippen molar-refractivity contribution >= 4 is 28.7 Å². The topological polar surface area (TPSA) is 109 Å². The van der Waals surface area contributed by atoms with Gasteiger partial charge in [0, 0.05) is 11.8 Å². The molecule has 1 N–H and O–H groups in total. The minimum absolute atomic E-state index is 0.354. The van der Waals surface area contributed by atoms with Crippen LogP contribution < -0.4 is 20.5 Å². The van der Waals surface area contributed by atoms with E-state index in [0.717, 1.165) is 4.57 Å². The SMILES string of the molecule is O=C(COC(=O)Cn1c(=O)oc2ccccc21)Nc1ccc2c(c1)OCCO2. The molecular weight excluding hydrogens is 368 g/mol. The molecule has 4 rings (SSSR count). The summed E-state index contributed by atoms with van der Waals surface area (Å²) in [5.74, 6) is -0.778. The maximum absolute atomic E-state index is 12.0. The molecule has 0 saturated heterocycles. The summed E-state index contributed by atoms with van der Waals surface area (Å²) in [7, 11) is 0. The van der Waals surface area contributed by atoms with Gasteiger partial charge >= 0.3 is 11.7 Å². The first-order valence-electron chi connectivity index (χ1n) is 8.53. The molecule has 1 aliphatic rings. The van der Waals surface area contributed by atoms with Gasteiger partial charge in [-0.05, 0) is 24.3 Å². The molecule has 28 heavy (non-hydrogen) atoms. The lowest BCUT2D eigenvalue weighted by atomic mass is 10.2. The number of benzene rings is 2. The second kappa shape index (κ2) is 7.47. The van der Waals surface area contributed by atoms with Gasteiger partial charge in [-0.25, -0.2) is 4.79 Å².